The zero-order chi connectivity index (χ0) is 15.9. The maximum atomic E-state index is 12.9. The average Bonchev–Trinajstić information content (AvgIpc) is 2.47. The minimum absolute atomic E-state index is 0.210. The first-order valence-corrected chi connectivity index (χ1v) is 7.70. The lowest BCUT2D eigenvalue weighted by molar-refractivity contribution is 0.552. The van der Waals surface area contributed by atoms with Crippen molar-refractivity contribution in [1.82, 2.24) is 4.98 Å². The zero-order valence-electron chi connectivity index (χ0n) is 11.2. The van der Waals surface area contributed by atoms with Crippen LogP contribution in [0.15, 0.2) is 58.2 Å². The van der Waals surface area contributed by atoms with Crippen LogP contribution in [-0.2, 0) is 10.2 Å². The second-order valence-electron chi connectivity index (χ2n) is 4.81. The molecule has 0 unspecified atom stereocenters. The van der Waals surface area contributed by atoms with Gasteiger partial charge >= 0.3 is 10.2 Å². The topological polar surface area (TPSA) is 93.0 Å². The molecule has 0 radical (unpaired) electrons. The number of nitrogen functional groups attached to an aromatic ring is 1. The third kappa shape index (κ3) is 2.58. The Morgan fingerprint density at radius 3 is 2.32 bits per heavy atom. The molecular formula is C15H11FN2O3S. The largest absolute Gasteiger partial charge is 0.399 e. The van der Waals surface area contributed by atoms with Gasteiger partial charge in [-0.3, -0.25) is 4.79 Å². The van der Waals surface area contributed by atoms with Gasteiger partial charge in [0.15, 0.2) is 5.43 Å². The van der Waals surface area contributed by atoms with E-state index in [9.17, 15) is 17.1 Å². The van der Waals surface area contributed by atoms with E-state index in [1.807, 2.05) is 0 Å². The number of rotatable bonds is 2. The molecule has 112 valence electrons. The highest BCUT2D eigenvalue weighted by atomic mass is 32.3. The van der Waals surface area contributed by atoms with Crippen molar-refractivity contribution < 1.29 is 12.3 Å². The van der Waals surface area contributed by atoms with E-state index in [4.69, 9.17) is 5.73 Å². The molecule has 0 bridgehead atoms. The number of benzene rings is 2. The molecule has 0 aliphatic rings. The van der Waals surface area contributed by atoms with Gasteiger partial charge in [0.2, 0.25) is 0 Å². The van der Waals surface area contributed by atoms with Crippen LogP contribution < -0.4 is 11.2 Å². The van der Waals surface area contributed by atoms with E-state index in [1.165, 1.54) is 18.2 Å². The Kier molecular flexibility index (Phi) is 3.22. The summed E-state index contributed by atoms with van der Waals surface area (Å²) in [7, 11) is -4.74. The Hall–Kier alpha value is -2.67. The van der Waals surface area contributed by atoms with Gasteiger partial charge in [0.25, 0.3) is 0 Å². The molecule has 3 aromatic rings. The number of hydrogen-bond acceptors (Lipinski definition) is 4. The van der Waals surface area contributed by atoms with Crippen LogP contribution in [0.1, 0.15) is 0 Å². The van der Waals surface area contributed by atoms with Crippen LogP contribution in [0.2, 0.25) is 0 Å². The number of nitrogens with two attached hydrogens (primary N) is 1. The molecule has 0 aliphatic heterocycles. The molecule has 0 atom stereocenters. The summed E-state index contributed by atoms with van der Waals surface area (Å²) in [5.41, 5.74) is 7.62. The number of pyridine rings is 1. The minimum Gasteiger partial charge on any atom is -0.399 e. The van der Waals surface area contributed by atoms with Gasteiger partial charge in [0, 0.05) is 28.4 Å². The van der Waals surface area contributed by atoms with E-state index >= 15 is 0 Å². The Morgan fingerprint density at radius 1 is 1.00 bits per heavy atom. The van der Waals surface area contributed by atoms with E-state index in [-0.39, 0.29) is 5.43 Å². The summed E-state index contributed by atoms with van der Waals surface area (Å²) in [6.07, 6.45) is 0. The predicted molar refractivity (Wildman–Crippen MR) is 82.7 cm³/mol. The third-order valence-electron chi connectivity index (χ3n) is 3.30. The first-order valence-electron chi connectivity index (χ1n) is 6.32. The van der Waals surface area contributed by atoms with Crippen molar-refractivity contribution in [2.45, 2.75) is 4.90 Å². The standard InChI is InChI=1S/C15H11FN2O3S/c16-22(20,21)11-4-1-9(2-5-11)14-8-15(19)12-7-10(17)3-6-13(12)18-14/h1-8H,17H2,(H,18,19). The van der Waals surface area contributed by atoms with Gasteiger partial charge in [-0.25, -0.2) is 0 Å². The van der Waals surface area contributed by atoms with Crippen LogP contribution in [-0.4, -0.2) is 13.4 Å². The van der Waals surface area contributed by atoms with Crippen LogP contribution in [0.3, 0.4) is 0 Å². The fraction of sp³-hybridized carbons (Fsp3) is 0. The summed E-state index contributed by atoms with van der Waals surface area (Å²) in [5, 5.41) is 0.465. The second-order valence-corrected chi connectivity index (χ2v) is 6.16. The van der Waals surface area contributed by atoms with E-state index in [0.29, 0.717) is 27.8 Å². The zero-order valence-corrected chi connectivity index (χ0v) is 12.0. The number of H-pyrrole nitrogens is 1. The number of fused-ring (bicyclic) bond motifs is 1. The van der Waals surface area contributed by atoms with E-state index in [0.717, 1.165) is 12.1 Å². The number of aromatic amines is 1. The number of halogens is 1. The summed E-state index contributed by atoms with van der Waals surface area (Å²) in [4.78, 5) is 14.8. The van der Waals surface area contributed by atoms with Crippen LogP contribution in [0.5, 0.6) is 0 Å². The van der Waals surface area contributed by atoms with Gasteiger partial charge < -0.3 is 10.7 Å². The van der Waals surface area contributed by atoms with Crippen molar-refractivity contribution in [3.63, 3.8) is 0 Å². The monoisotopic (exact) mass is 318 g/mol. The SMILES string of the molecule is Nc1ccc2[nH]c(-c3ccc(S(=O)(=O)F)cc3)cc(=O)c2c1. The Labute approximate surface area is 125 Å². The van der Waals surface area contributed by atoms with Gasteiger partial charge in [-0.1, -0.05) is 12.1 Å². The number of nitrogens with one attached hydrogen (secondary N) is 1. The number of hydrogen-bond donors (Lipinski definition) is 2. The van der Waals surface area contributed by atoms with Crippen molar-refractivity contribution in [2.75, 3.05) is 5.73 Å². The maximum absolute atomic E-state index is 12.9. The summed E-state index contributed by atoms with van der Waals surface area (Å²) < 4.78 is 34.5. The maximum Gasteiger partial charge on any atom is 0.332 e. The highest BCUT2D eigenvalue weighted by Gasteiger charge is 2.12. The predicted octanol–water partition coefficient (Wildman–Crippen LogP) is 2.44. The van der Waals surface area contributed by atoms with Gasteiger partial charge in [-0.05, 0) is 35.9 Å². The van der Waals surface area contributed by atoms with Crippen molar-refractivity contribution in [2.24, 2.45) is 0 Å². The van der Waals surface area contributed by atoms with Gasteiger partial charge in [0.05, 0.1) is 4.90 Å². The van der Waals surface area contributed by atoms with Crippen molar-refractivity contribution in [1.29, 1.82) is 0 Å². The van der Waals surface area contributed by atoms with Crippen molar-refractivity contribution in [3.05, 3.63) is 58.8 Å². The summed E-state index contributed by atoms with van der Waals surface area (Å²) in [6.45, 7) is 0. The van der Waals surface area contributed by atoms with Crippen LogP contribution in [0.4, 0.5) is 9.57 Å². The van der Waals surface area contributed by atoms with E-state index < -0.39 is 15.1 Å². The van der Waals surface area contributed by atoms with Crippen LogP contribution in [0, 0.1) is 0 Å². The minimum atomic E-state index is -4.74. The van der Waals surface area contributed by atoms with Crippen molar-refractivity contribution in [3.8, 4) is 11.3 Å². The molecular weight excluding hydrogens is 307 g/mol. The van der Waals surface area contributed by atoms with Crippen LogP contribution in [0.25, 0.3) is 22.2 Å². The smallest absolute Gasteiger partial charge is 0.332 e. The first-order chi connectivity index (χ1) is 10.3. The summed E-state index contributed by atoms with van der Waals surface area (Å²) >= 11 is 0. The van der Waals surface area contributed by atoms with E-state index in [2.05, 4.69) is 4.98 Å². The molecule has 0 spiro atoms. The lowest BCUT2D eigenvalue weighted by Gasteiger charge is -2.06. The fourth-order valence-corrected chi connectivity index (χ4v) is 2.68. The second kappa shape index (κ2) is 4.96. The normalized spacial score (nSPS) is 11.7. The molecule has 1 heterocycles. The lowest BCUT2D eigenvalue weighted by atomic mass is 10.1. The van der Waals surface area contributed by atoms with Gasteiger partial charge in [-0.2, -0.15) is 8.42 Å². The Morgan fingerprint density at radius 2 is 1.68 bits per heavy atom. The molecule has 0 aliphatic carbocycles. The first kappa shape index (κ1) is 14.3. The molecule has 7 heteroatoms. The molecule has 22 heavy (non-hydrogen) atoms. The molecule has 0 fully saturated rings. The Bertz CT molecular complexity index is 1020. The molecule has 0 amide bonds. The molecule has 2 aromatic carbocycles. The molecule has 5 nitrogen and oxygen atoms in total. The molecule has 3 rings (SSSR count). The fourth-order valence-electron chi connectivity index (χ4n) is 2.22. The quantitative estimate of drug-likeness (QED) is 0.560. The number of anilines is 1. The van der Waals surface area contributed by atoms with Crippen LogP contribution >= 0.6 is 0 Å². The molecule has 0 saturated heterocycles. The van der Waals surface area contributed by atoms with E-state index in [1.54, 1.807) is 18.2 Å². The average molecular weight is 318 g/mol. The Balaban J connectivity index is 2.14. The summed E-state index contributed by atoms with van der Waals surface area (Å²) in [6, 6.07) is 11.5. The lowest BCUT2D eigenvalue weighted by Crippen LogP contribution is -2.03. The highest BCUT2D eigenvalue weighted by molar-refractivity contribution is 7.86. The van der Waals surface area contributed by atoms with Crippen molar-refractivity contribution >= 4 is 26.8 Å². The molecule has 0 saturated carbocycles. The molecule has 3 N–H and O–H groups in total. The van der Waals surface area contributed by atoms with Gasteiger partial charge in [-0.15, -0.1) is 3.89 Å². The molecule has 1 aromatic heterocycles. The van der Waals surface area contributed by atoms with Gasteiger partial charge in [0.1, 0.15) is 0 Å². The summed E-state index contributed by atoms with van der Waals surface area (Å²) in [5.74, 6) is 0. The highest BCUT2D eigenvalue weighted by Crippen LogP contribution is 2.22. The number of aromatic nitrogens is 1. The third-order valence-corrected chi connectivity index (χ3v) is 4.14.